The number of nitrogen functional groups attached to an aromatic ring is 1. The number of nitrogens with zero attached hydrogens (tertiary/aromatic N) is 4. The van der Waals surface area contributed by atoms with Gasteiger partial charge in [0.2, 0.25) is 10.9 Å². The van der Waals surface area contributed by atoms with Gasteiger partial charge in [-0.1, -0.05) is 103 Å². The van der Waals surface area contributed by atoms with E-state index in [0.717, 1.165) is 16.7 Å². The predicted octanol–water partition coefficient (Wildman–Crippen LogP) is 4.50. The molecule has 5 aromatic rings. The Labute approximate surface area is 259 Å². The molecule has 1 aliphatic heterocycles. The maximum atomic E-state index is 12.7. The molecule has 0 spiro atoms. The predicted molar refractivity (Wildman–Crippen MR) is 164 cm³/mol. The van der Waals surface area contributed by atoms with Gasteiger partial charge in [-0.3, -0.25) is 0 Å². The molecule has 0 bridgehead atoms. The number of hydrogen-bond acceptors (Lipinski definition) is 10. The van der Waals surface area contributed by atoms with Crippen LogP contribution in [0.3, 0.4) is 0 Å². The molecule has 0 radical (unpaired) electrons. The maximum Gasteiger partial charge on any atom is 0.245 e. The molecule has 0 amide bonds. The van der Waals surface area contributed by atoms with Gasteiger partial charge in [-0.15, -0.1) is 5.10 Å². The van der Waals surface area contributed by atoms with Crippen LogP contribution in [-0.2, 0) is 44.6 Å². The molecule has 3 N–H and O–H groups in total. The fourth-order valence-electron chi connectivity index (χ4n) is 6.13. The Balaban J connectivity index is 1.32. The van der Waals surface area contributed by atoms with Crippen molar-refractivity contribution in [1.29, 1.82) is 0 Å². The lowest BCUT2D eigenvalue weighted by Gasteiger charge is -2.44. The molecule has 7 rings (SSSR count). The third kappa shape index (κ3) is 4.59. The van der Waals surface area contributed by atoms with Gasteiger partial charge in [-0.25, -0.2) is 14.5 Å². The second-order valence-corrected chi connectivity index (χ2v) is 11.9. The molecule has 3 aromatic carbocycles. The lowest BCUT2D eigenvalue weighted by atomic mass is 9.85. The Kier molecular flexibility index (Phi) is 7.40. The van der Waals surface area contributed by atoms with Crippen molar-refractivity contribution in [3.63, 3.8) is 0 Å². The minimum atomic E-state index is -2.05. The molecule has 2 aliphatic rings. The van der Waals surface area contributed by atoms with Crippen LogP contribution in [0, 0.1) is 0 Å². The number of aliphatic hydroxyl groups is 1. The summed E-state index contributed by atoms with van der Waals surface area (Å²) in [6, 6.07) is 29.5. The number of rotatable bonds is 11. The topological polar surface area (TPSA) is 126 Å². The van der Waals surface area contributed by atoms with Crippen molar-refractivity contribution in [2.75, 3.05) is 12.0 Å². The molecule has 3 heterocycles. The van der Waals surface area contributed by atoms with E-state index in [1.54, 1.807) is 0 Å². The van der Waals surface area contributed by atoms with Gasteiger partial charge in [0, 0.05) is 0 Å². The van der Waals surface area contributed by atoms with E-state index in [1.165, 1.54) is 22.5 Å². The molecule has 226 valence electrons. The first kappa shape index (κ1) is 28.9. The fraction of sp³-hybridized carbons (Fsp3) is 0.303. The van der Waals surface area contributed by atoms with E-state index in [0.29, 0.717) is 17.4 Å². The number of thioether (sulfide) groups is 1. The van der Waals surface area contributed by atoms with Crippen molar-refractivity contribution < 1.29 is 24.1 Å². The van der Waals surface area contributed by atoms with Crippen LogP contribution in [0.25, 0.3) is 5.65 Å². The van der Waals surface area contributed by atoms with Crippen molar-refractivity contribution in [3.8, 4) is 0 Å². The average molecular weight is 612 g/mol. The smallest absolute Gasteiger partial charge is 0.245 e. The summed E-state index contributed by atoms with van der Waals surface area (Å²) in [7, 11) is 0. The molecule has 2 fully saturated rings. The number of ether oxygens (including phenoxy) is 4. The number of nitrogens with two attached hydrogens (primary N) is 1. The first-order chi connectivity index (χ1) is 21.4. The summed E-state index contributed by atoms with van der Waals surface area (Å²) in [5.74, 6) is -1.86. The number of imidazole rings is 1. The van der Waals surface area contributed by atoms with E-state index in [-0.39, 0.29) is 24.7 Å². The van der Waals surface area contributed by atoms with Crippen LogP contribution in [0.2, 0.25) is 0 Å². The van der Waals surface area contributed by atoms with Crippen LogP contribution in [0.5, 0.6) is 0 Å². The monoisotopic (exact) mass is 611 g/mol. The Hall–Kier alpha value is -3.84. The second-order valence-electron chi connectivity index (χ2n) is 11.1. The summed E-state index contributed by atoms with van der Waals surface area (Å²) in [5.41, 5.74) is 7.01. The quantitative estimate of drug-likeness (QED) is 0.206. The highest BCUT2D eigenvalue weighted by Gasteiger charge is 2.90. The summed E-state index contributed by atoms with van der Waals surface area (Å²) in [4.78, 5) is 8.76. The largest absolute Gasteiger partial charge is 0.380 e. The van der Waals surface area contributed by atoms with Gasteiger partial charge >= 0.3 is 0 Å². The van der Waals surface area contributed by atoms with Gasteiger partial charge in [-0.2, -0.15) is 0 Å². The van der Waals surface area contributed by atoms with Gasteiger partial charge in [0.1, 0.15) is 17.9 Å². The third-order valence-electron chi connectivity index (χ3n) is 8.56. The van der Waals surface area contributed by atoms with Crippen LogP contribution in [0.1, 0.15) is 29.3 Å². The zero-order chi connectivity index (χ0) is 30.4. The lowest BCUT2D eigenvalue weighted by molar-refractivity contribution is -0.325. The molecule has 5 unspecified atom stereocenters. The minimum Gasteiger partial charge on any atom is -0.380 e. The second kappa shape index (κ2) is 11.3. The van der Waals surface area contributed by atoms with E-state index in [1.807, 2.05) is 104 Å². The first-order valence-corrected chi connectivity index (χ1v) is 15.6. The summed E-state index contributed by atoms with van der Waals surface area (Å²) < 4.78 is 28.1. The highest BCUT2D eigenvalue weighted by Crippen LogP contribution is 2.67. The number of fused-ring (bicyclic) bond motifs is 2. The van der Waals surface area contributed by atoms with Crippen molar-refractivity contribution >= 4 is 23.2 Å². The lowest BCUT2D eigenvalue weighted by Crippen LogP contribution is -2.60. The summed E-state index contributed by atoms with van der Waals surface area (Å²) in [5, 5.41) is 17.7. The van der Waals surface area contributed by atoms with E-state index in [9.17, 15) is 5.11 Å². The van der Waals surface area contributed by atoms with E-state index in [2.05, 4.69) is 15.1 Å². The van der Waals surface area contributed by atoms with Crippen molar-refractivity contribution in [2.45, 2.75) is 61.1 Å². The van der Waals surface area contributed by atoms with Crippen LogP contribution in [0.4, 0.5) is 5.82 Å². The summed E-state index contributed by atoms with van der Waals surface area (Å²) >= 11 is 1.33. The van der Waals surface area contributed by atoms with Gasteiger partial charge in [-0.05, 0) is 29.9 Å². The third-order valence-corrected chi connectivity index (χ3v) is 9.10. The average Bonchev–Trinajstić information content (AvgIpc) is 3.33. The van der Waals surface area contributed by atoms with Crippen molar-refractivity contribution in [2.24, 2.45) is 0 Å². The van der Waals surface area contributed by atoms with Gasteiger partial charge in [0.25, 0.3) is 0 Å². The Bertz CT molecular complexity index is 1760. The molecule has 1 aliphatic carbocycles. The minimum absolute atomic E-state index is 0.182. The molecule has 2 aromatic heterocycles. The van der Waals surface area contributed by atoms with Crippen LogP contribution < -0.4 is 5.73 Å². The summed E-state index contributed by atoms with van der Waals surface area (Å²) in [6.45, 7) is 2.59. The van der Waals surface area contributed by atoms with Crippen LogP contribution in [-0.4, -0.2) is 54.4 Å². The molecule has 1 saturated carbocycles. The van der Waals surface area contributed by atoms with Crippen LogP contribution in [0.15, 0.2) is 102 Å². The maximum absolute atomic E-state index is 12.7. The van der Waals surface area contributed by atoms with Gasteiger partial charge < -0.3 is 29.8 Å². The molecule has 11 heteroatoms. The number of anilines is 1. The van der Waals surface area contributed by atoms with E-state index < -0.39 is 29.2 Å². The van der Waals surface area contributed by atoms with E-state index in [4.69, 9.17) is 24.7 Å². The molecular formula is C33H33N5O5S. The number of hydrogen-bond donors (Lipinski definition) is 2. The molecule has 10 nitrogen and oxygen atoms in total. The number of aromatic nitrogens is 4. The standard InChI is InChI=1S/C33H33N5O5S/c1-31(41-20-23-14-8-4-9-15-23)32(42-21-24-16-10-5-11-17-24)26(40-19-22-12-6-3-7-13-22)27(32)43-33(31,39)25-18-35-29-28(34)36-30(44-2)37-38(25)29/h3-18,26-27,39H,19-21H2,1-2H3,(H2,34,36,37). The fourth-order valence-corrected chi connectivity index (χ4v) is 6.48. The Morgan fingerprint density at radius 1 is 0.886 bits per heavy atom. The zero-order valence-corrected chi connectivity index (χ0v) is 25.2. The van der Waals surface area contributed by atoms with Crippen molar-refractivity contribution in [3.05, 3.63) is 120 Å². The molecule has 44 heavy (non-hydrogen) atoms. The molecule has 5 atom stereocenters. The normalized spacial score (nSPS) is 27.4. The Morgan fingerprint density at radius 3 is 2.05 bits per heavy atom. The number of benzene rings is 3. The Morgan fingerprint density at radius 2 is 1.45 bits per heavy atom. The zero-order valence-electron chi connectivity index (χ0n) is 24.4. The SMILES string of the molecule is CSc1nc(N)c2ncc(C3(O)OC4C(OCc5ccccc5)C4(OCc4ccccc4)C3(C)OCc3ccccc3)n2n1. The van der Waals surface area contributed by atoms with Crippen molar-refractivity contribution in [1.82, 2.24) is 19.6 Å². The van der Waals surface area contributed by atoms with Crippen LogP contribution >= 0.6 is 11.8 Å². The highest BCUT2D eigenvalue weighted by atomic mass is 32.2. The van der Waals surface area contributed by atoms with E-state index >= 15 is 0 Å². The molecular weight excluding hydrogens is 578 g/mol. The molecule has 1 saturated heterocycles. The highest BCUT2D eigenvalue weighted by molar-refractivity contribution is 7.98. The first-order valence-electron chi connectivity index (χ1n) is 14.4. The van der Waals surface area contributed by atoms with Gasteiger partial charge in [0.05, 0.1) is 26.0 Å². The summed E-state index contributed by atoms with van der Waals surface area (Å²) in [6.07, 6.45) is 2.16. The van der Waals surface area contributed by atoms with Gasteiger partial charge in [0.15, 0.2) is 22.7 Å².